The monoisotopic (exact) mass is 340 g/mol. The van der Waals surface area contributed by atoms with Gasteiger partial charge in [0.05, 0.1) is 30.0 Å². The molecule has 0 aliphatic carbocycles. The summed E-state index contributed by atoms with van der Waals surface area (Å²) in [6.45, 7) is 2.80. The van der Waals surface area contributed by atoms with E-state index in [-0.39, 0.29) is 18.1 Å². The van der Waals surface area contributed by atoms with E-state index in [0.717, 1.165) is 50.1 Å². The third kappa shape index (κ3) is 2.46. The van der Waals surface area contributed by atoms with Crippen LogP contribution in [0.5, 0.6) is 0 Å². The van der Waals surface area contributed by atoms with Crippen molar-refractivity contribution in [3.05, 3.63) is 29.2 Å². The standard InChI is InChI=1S/C19H24N4O2/c1-12-8-18-20-11-15-16-6-5-13(9-17(15)23(18)21-12)22(16)19(24)10-14-4-2-3-7-25-14/h8,11,13-14,16H,2-7,9-10H2,1H3. The van der Waals surface area contributed by atoms with Crippen LogP contribution in [0.2, 0.25) is 0 Å². The van der Waals surface area contributed by atoms with Crippen molar-refractivity contribution < 1.29 is 9.53 Å². The molecule has 0 aromatic carbocycles. The van der Waals surface area contributed by atoms with Gasteiger partial charge in [-0.15, -0.1) is 0 Å². The average Bonchev–Trinajstić information content (AvgIpc) is 3.15. The zero-order valence-corrected chi connectivity index (χ0v) is 14.6. The highest BCUT2D eigenvalue weighted by atomic mass is 16.5. The van der Waals surface area contributed by atoms with E-state index in [9.17, 15) is 4.79 Å². The summed E-state index contributed by atoms with van der Waals surface area (Å²) in [5, 5.41) is 4.62. The smallest absolute Gasteiger partial charge is 0.225 e. The van der Waals surface area contributed by atoms with Crippen molar-refractivity contribution in [3.63, 3.8) is 0 Å². The Kier molecular flexibility index (Phi) is 3.55. The summed E-state index contributed by atoms with van der Waals surface area (Å²) in [6.07, 6.45) is 8.89. The number of hydrogen-bond donors (Lipinski definition) is 0. The lowest BCUT2D eigenvalue weighted by molar-refractivity contribution is -0.138. The number of rotatable bonds is 2. The molecule has 5 rings (SSSR count). The van der Waals surface area contributed by atoms with Gasteiger partial charge in [0, 0.05) is 36.9 Å². The lowest BCUT2D eigenvalue weighted by Crippen LogP contribution is -2.44. The van der Waals surface area contributed by atoms with Crippen LogP contribution < -0.4 is 0 Å². The van der Waals surface area contributed by atoms with Crippen molar-refractivity contribution in [1.82, 2.24) is 19.5 Å². The minimum absolute atomic E-state index is 0.108. The van der Waals surface area contributed by atoms with Crippen LogP contribution >= 0.6 is 0 Å². The Balaban J connectivity index is 1.44. The van der Waals surface area contributed by atoms with Gasteiger partial charge in [-0.25, -0.2) is 9.50 Å². The maximum absolute atomic E-state index is 13.0. The topological polar surface area (TPSA) is 59.7 Å². The first-order valence-electron chi connectivity index (χ1n) is 9.47. The first-order chi connectivity index (χ1) is 12.2. The Labute approximate surface area is 147 Å². The SMILES string of the molecule is Cc1cc2ncc3c(n2n1)CC1CCC3N1C(=O)CC1CCCCO1. The maximum Gasteiger partial charge on any atom is 0.225 e. The van der Waals surface area contributed by atoms with Crippen LogP contribution in [-0.4, -0.2) is 44.2 Å². The fraction of sp³-hybridized carbons (Fsp3) is 0.632. The van der Waals surface area contributed by atoms with E-state index in [0.29, 0.717) is 12.5 Å². The highest BCUT2D eigenvalue weighted by Crippen LogP contribution is 2.44. The lowest BCUT2D eigenvalue weighted by Gasteiger charge is -2.37. The fourth-order valence-corrected chi connectivity index (χ4v) is 4.85. The molecule has 2 bridgehead atoms. The molecule has 3 unspecified atom stereocenters. The van der Waals surface area contributed by atoms with E-state index in [1.54, 1.807) is 0 Å². The summed E-state index contributed by atoms with van der Waals surface area (Å²) in [4.78, 5) is 19.7. The van der Waals surface area contributed by atoms with Crippen LogP contribution in [0, 0.1) is 6.92 Å². The van der Waals surface area contributed by atoms with Gasteiger partial charge in [-0.2, -0.15) is 5.10 Å². The van der Waals surface area contributed by atoms with Crippen molar-refractivity contribution in [2.24, 2.45) is 0 Å². The summed E-state index contributed by atoms with van der Waals surface area (Å²) in [5.74, 6) is 0.252. The summed E-state index contributed by atoms with van der Waals surface area (Å²) in [7, 11) is 0. The van der Waals surface area contributed by atoms with Crippen LogP contribution in [0.15, 0.2) is 12.3 Å². The molecule has 0 N–H and O–H groups in total. The number of hydrogen-bond acceptors (Lipinski definition) is 4. The molecule has 2 aromatic rings. The summed E-state index contributed by atoms with van der Waals surface area (Å²) < 4.78 is 7.77. The number of carbonyl (C=O) groups excluding carboxylic acids is 1. The van der Waals surface area contributed by atoms with Gasteiger partial charge >= 0.3 is 0 Å². The average molecular weight is 340 g/mol. The van der Waals surface area contributed by atoms with E-state index in [4.69, 9.17) is 4.74 Å². The largest absolute Gasteiger partial charge is 0.378 e. The summed E-state index contributed by atoms with van der Waals surface area (Å²) in [6, 6.07) is 2.47. The first kappa shape index (κ1) is 15.3. The Morgan fingerprint density at radius 3 is 3.08 bits per heavy atom. The molecular formula is C19H24N4O2. The number of aryl methyl sites for hydroxylation is 1. The summed E-state index contributed by atoms with van der Waals surface area (Å²) >= 11 is 0. The van der Waals surface area contributed by atoms with Crippen LogP contribution in [0.1, 0.15) is 61.5 Å². The zero-order valence-electron chi connectivity index (χ0n) is 14.6. The van der Waals surface area contributed by atoms with E-state index in [1.807, 2.05) is 23.7 Å². The molecule has 2 saturated heterocycles. The number of carbonyl (C=O) groups is 1. The Bertz CT molecular complexity index is 824. The molecule has 132 valence electrons. The third-order valence-corrected chi connectivity index (χ3v) is 5.99. The van der Waals surface area contributed by atoms with Crippen molar-refractivity contribution in [3.8, 4) is 0 Å². The Morgan fingerprint density at radius 2 is 2.24 bits per heavy atom. The predicted molar refractivity (Wildman–Crippen MR) is 92.2 cm³/mol. The van der Waals surface area contributed by atoms with Crippen LogP contribution in [0.25, 0.3) is 5.65 Å². The van der Waals surface area contributed by atoms with E-state index in [1.165, 1.54) is 17.7 Å². The molecule has 1 amide bonds. The van der Waals surface area contributed by atoms with Gasteiger partial charge in [-0.05, 0) is 39.0 Å². The number of nitrogens with zero attached hydrogens (tertiary/aromatic N) is 4. The van der Waals surface area contributed by atoms with Crippen LogP contribution in [0.3, 0.4) is 0 Å². The van der Waals surface area contributed by atoms with E-state index < -0.39 is 0 Å². The summed E-state index contributed by atoms with van der Waals surface area (Å²) in [5.41, 5.74) is 4.32. The number of fused-ring (bicyclic) bond motifs is 6. The molecule has 2 aromatic heterocycles. The third-order valence-electron chi connectivity index (χ3n) is 5.99. The second-order valence-corrected chi connectivity index (χ2v) is 7.66. The molecule has 0 saturated carbocycles. The molecule has 25 heavy (non-hydrogen) atoms. The van der Waals surface area contributed by atoms with Crippen LogP contribution in [0.4, 0.5) is 0 Å². The molecule has 0 radical (unpaired) electrons. The lowest BCUT2D eigenvalue weighted by atomic mass is 9.97. The molecule has 3 aliphatic rings. The quantitative estimate of drug-likeness (QED) is 0.843. The molecule has 3 atom stereocenters. The minimum Gasteiger partial charge on any atom is -0.378 e. The van der Waals surface area contributed by atoms with E-state index in [2.05, 4.69) is 15.0 Å². The number of amides is 1. The van der Waals surface area contributed by atoms with Crippen LogP contribution in [-0.2, 0) is 16.0 Å². The number of aromatic nitrogens is 3. The first-order valence-corrected chi connectivity index (χ1v) is 9.47. The van der Waals surface area contributed by atoms with Gasteiger partial charge in [-0.1, -0.05) is 0 Å². The second-order valence-electron chi connectivity index (χ2n) is 7.66. The van der Waals surface area contributed by atoms with Crippen molar-refractivity contribution in [1.29, 1.82) is 0 Å². The Morgan fingerprint density at radius 1 is 1.32 bits per heavy atom. The highest BCUT2D eigenvalue weighted by molar-refractivity contribution is 5.78. The molecular weight excluding hydrogens is 316 g/mol. The maximum atomic E-state index is 13.0. The van der Waals surface area contributed by atoms with E-state index >= 15 is 0 Å². The van der Waals surface area contributed by atoms with Gasteiger partial charge in [0.2, 0.25) is 5.91 Å². The molecule has 6 heteroatoms. The predicted octanol–water partition coefficient (Wildman–Crippen LogP) is 2.59. The Hall–Kier alpha value is -1.95. The normalized spacial score (nSPS) is 28.4. The highest BCUT2D eigenvalue weighted by Gasteiger charge is 2.44. The molecule has 0 spiro atoms. The van der Waals surface area contributed by atoms with Crippen molar-refractivity contribution >= 4 is 11.6 Å². The van der Waals surface area contributed by atoms with Gasteiger partial charge in [0.1, 0.15) is 0 Å². The fourth-order valence-electron chi connectivity index (χ4n) is 4.85. The van der Waals surface area contributed by atoms with Gasteiger partial charge in [0.15, 0.2) is 5.65 Å². The van der Waals surface area contributed by atoms with Crippen molar-refractivity contribution in [2.75, 3.05) is 6.61 Å². The molecule has 2 fully saturated rings. The van der Waals surface area contributed by atoms with Crippen molar-refractivity contribution in [2.45, 2.75) is 70.1 Å². The second kappa shape index (κ2) is 5.80. The van der Waals surface area contributed by atoms with Gasteiger partial charge in [0.25, 0.3) is 0 Å². The van der Waals surface area contributed by atoms with Gasteiger partial charge in [-0.3, -0.25) is 4.79 Å². The minimum atomic E-state index is 0.108. The number of ether oxygens (including phenoxy) is 1. The molecule has 5 heterocycles. The zero-order chi connectivity index (χ0) is 17.0. The van der Waals surface area contributed by atoms with Gasteiger partial charge < -0.3 is 9.64 Å². The molecule has 6 nitrogen and oxygen atoms in total. The molecule has 3 aliphatic heterocycles.